The normalized spacial score (nSPS) is 13.6. The van der Waals surface area contributed by atoms with Crippen molar-refractivity contribution in [2.75, 3.05) is 0 Å². The summed E-state index contributed by atoms with van der Waals surface area (Å²) in [6.07, 6.45) is 35.2. The first-order valence-electron chi connectivity index (χ1n) is 14.7. The van der Waals surface area contributed by atoms with E-state index in [0.717, 1.165) is 11.8 Å². The molecule has 0 amide bonds. The Labute approximate surface area is 193 Å². The zero-order valence-electron chi connectivity index (χ0n) is 22.1. The molecular weight excluding hydrogens is 360 g/mol. The topological polar surface area (TPSA) is 0 Å². The van der Waals surface area contributed by atoms with Gasteiger partial charge in [0.2, 0.25) is 0 Å². The van der Waals surface area contributed by atoms with Crippen molar-refractivity contribution in [2.45, 2.75) is 182 Å². The average Bonchev–Trinajstić information content (AvgIpc) is 2.75. The quantitative estimate of drug-likeness (QED) is 0.128. The monoisotopic (exact) mass is 422 g/mol. The van der Waals surface area contributed by atoms with Crippen molar-refractivity contribution in [3.8, 4) is 0 Å². The molecule has 0 aromatic carbocycles. The van der Waals surface area contributed by atoms with E-state index in [1.54, 1.807) is 0 Å². The van der Waals surface area contributed by atoms with Gasteiger partial charge >= 0.3 is 0 Å². The Morgan fingerprint density at radius 3 is 0.733 bits per heavy atom. The molecule has 0 aromatic heterocycles. The van der Waals surface area contributed by atoms with Crippen LogP contribution in [0, 0.1) is 11.8 Å². The van der Waals surface area contributed by atoms with E-state index < -0.39 is 0 Å². The highest BCUT2D eigenvalue weighted by atomic mass is 14.2. The van der Waals surface area contributed by atoms with Gasteiger partial charge in [0.05, 0.1) is 0 Å². The highest BCUT2D eigenvalue weighted by Gasteiger charge is 2.11. The Hall–Kier alpha value is 0. The summed E-state index contributed by atoms with van der Waals surface area (Å²) in [7, 11) is 0. The van der Waals surface area contributed by atoms with Crippen LogP contribution in [0.15, 0.2) is 0 Å². The largest absolute Gasteiger partial charge is 0.0654 e. The summed E-state index contributed by atoms with van der Waals surface area (Å²) in [6, 6.07) is 0. The number of hydrogen-bond acceptors (Lipinski definition) is 0. The van der Waals surface area contributed by atoms with Crippen LogP contribution >= 0.6 is 0 Å². The molecule has 0 rings (SSSR count). The lowest BCUT2D eigenvalue weighted by atomic mass is 9.86. The summed E-state index contributed by atoms with van der Waals surface area (Å²) in [5.41, 5.74) is 0. The van der Waals surface area contributed by atoms with Crippen molar-refractivity contribution < 1.29 is 0 Å². The van der Waals surface area contributed by atoms with Crippen LogP contribution in [0.5, 0.6) is 0 Å². The second-order valence-corrected chi connectivity index (χ2v) is 10.6. The summed E-state index contributed by atoms with van der Waals surface area (Å²) in [5, 5.41) is 0. The number of unbranched alkanes of at least 4 members (excludes halogenated alkanes) is 20. The van der Waals surface area contributed by atoms with Crippen LogP contribution in [-0.4, -0.2) is 0 Å². The van der Waals surface area contributed by atoms with E-state index in [1.165, 1.54) is 154 Å². The first-order valence-corrected chi connectivity index (χ1v) is 14.7. The number of rotatable bonds is 25. The molecule has 2 atom stereocenters. The molecule has 0 heterocycles. The van der Waals surface area contributed by atoms with Crippen molar-refractivity contribution in [1.82, 2.24) is 0 Å². The predicted octanol–water partition coefficient (Wildman–Crippen LogP) is 11.7. The third kappa shape index (κ3) is 22.7. The summed E-state index contributed by atoms with van der Waals surface area (Å²) >= 11 is 0. The van der Waals surface area contributed by atoms with Crippen LogP contribution in [0.4, 0.5) is 0 Å². The Bertz CT molecular complexity index is 294. The molecule has 0 fully saturated rings. The summed E-state index contributed by atoms with van der Waals surface area (Å²) in [5.74, 6) is 1.87. The van der Waals surface area contributed by atoms with Gasteiger partial charge in [-0.1, -0.05) is 182 Å². The van der Waals surface area contributed by atoms with Crippen LogP contribution in [0.2, 0.25) is 0 Å². The predicted molar refractivity (Wildman–Crippen MR) is 140 cm³/mol. The molecular formula is C30H62. The van der Waals surface area contributed by atoms with Gasteiger partial charge in [0.1, 0.15) is 0 Å². The maximum atomic E-state index is 2.51. The SMILES string of the molecule is CCCCCCCCCCCCCCCCC(C)C(C)CCCCCCCCCC. The minimum absolute atomic E-state index is 0.937. The zero-order valence-corrected chi connectivity index (χ0v) is 22.1. The van der Waals surface area contributed by atoms with Gasteiger partial charge in [0.25, 0.3) is 0 Å². The van der Waals surface area contributed by atoms with Crippen LogP contribution in [0.3, 0.4) is 0 Å². The molecule has 0 aliphatic heterocycles. The van der Waals surface area contributed by atoms with Crippen molar-refractivity contribution in [3.05, 3.63) is 0 Å². The van der Waals surface area contributed by atoms with E-state index >= 15 is 0 Å². The fraction of sp³-hybridized carbons (Fsp3) is 1.00. The first-order chi connectivity index (χ1) is 14.7. The fourth-order valence-electron chi connectivity index (χ4n) is 4.83. The van der Waals surface area contributed by atoms with Gasteiger partial charge < -0.3 is 0 Å². The molecule has 0 aliphatic carbocycles. The van der Waals surface area contributed by atoms with Gasteiger partial charge in [-0.3, -0.25) is 0 Å². The minimum Gasteiger partial charge on any atom is -0.0654 e. The lowest BCUT2D eigenvalue weighted by Crippen LogP contribution is -2.08. The van der Waals surface area contributed by atoms with Gasteiger partial charge in [0, 0.05) is 0 Å². The van der Waals surface area contributed by atoms with Gasteiger partial charge in [-0.25, -0.2) is 0 Å². The van der Waals surface area contributed by atoms with Gasteiger partial charge in [-0.05, 0) is 11.8 Å². The molecule has 0 aliphatic rings. The molecule has 0 N–H and O–H groups in total. The van der Waals surface area contributed by atoms with Crippen LogP contribution in [0.25, 0.3) is 0 Å². The molecule has 0 nitrogen and oxygen atoms in total. The van der Waals surface area contributed by atoms with Crippen molar-refractivity contribution in [3.63, 3.8) is 0 Å². The molecule has 0 heteroatoms. The molecule has 2 unspecified atom stereocenters. The van der Waals surface area contributed by atoms with E-state index in [-0.39, 0.29) is 0 Å². The van der Waals surface area contributed by atoms with Crippen molar-refractivity contribution >= 4 is 0 Å². The summed E-state index contributed by atoms with van der Waals surface area (Å²) in [4.78, 5) is 0. The lowest BCUT2D eigenvalue weighted by Gasteiger charge is -2.19. The number of hydrogen-bond donors (Lipinski definition) is 0. The lowest BCUT2D eigenvalue weighted by molar-refractivity contribution is 0.322. The second kappa shape index (κ2) is 25.3. The molecule has 182 valence electrons. The highest BCUT2D eigenvalue weighted by Crippen LogP contribution is 2.24. The fourth-order valence-corrected chi connectivity index (χ4v) is 4.83. The Balaban J connectivity index is 3.27. The molecule has 0 bridgehead atoms. The van der Waals surface area contributed by atoms with Crippen LogP contribution in [0.1, 0.15) is 182 Å². The van der Waals surface area contributed by atoms with E-state index in [2.05, 4.69) is 27.7 Å². The van der Waals surface area contributed by atoms with E-state index in [4.69, 9.17) is 0 Å². The van der Waals surface area contributed by atoms with Crippen molar-refractivity contribution in [2.24, 2.45) is 11.8 Å². The molecule has 0 saturated heterocycles. The smallest absolute Gasteiger partial charge is 0.0417 e. The molecule has 0 saturated carbocycles. The zero-order chi connectivity index (χ0) is 22.1. The third-order valence-corrected chi connectivity index (χ3v) is 7.50. The van der Waals surface area contributed by atoms with Crippen molar-refractivity contribution in [1.29, 1.82) is 0 Å². The Morgan fingerprint density at radius 1 is 0.300 bits per heavy atom. The molecule has 30 heavy (non-hydrogen) atoms. The van der Waals surface area contributed by atoms with Gasteiger partial charge in [-0.15, -0.1) is 0 Å². The molecule has 0 spiro atoms. The van der Waals surface area contributed by atoms with Gasteiger partial charge in [0.15, 0.2) is 0 Å². The first kappa shape index (κ1) is 30.0. The van der Waals surface area contributed by atoms with Gasteiger partial charge in [-0.2, -0.15) is 0 Å². The Kier molecular flexibility index (Phi) is 25.3. The molecule has 0 aromatic rings. The third-order valence-electron chi connectivity index (χ3n) is 7.50. The second-order valence-electron chi connectivity index (χ2n) is 10.6. The van der Waals surface area contributed by atoms with Crippen LogP contribution in [-0.2, 0) is 0 Å². The standard InChI is InChI=1S/C30H62/c1-5-7-9-11-13-15-16-17-18-19-20-22-24-26-28-30(4)29(3)27-25-23-21-14-12-10-8-6-2/h29-30H,5-28H2,1-4H3. The van der Waals surface area contributed by atoms with E-state index in [0.29, 0.717) is 0 Å². The molecule has 0 radical (unpaired) electrons. The maximum Gasteiger partial charge on any atom is -0.0417 e. The van der Waals surface area contributed by atoms with E-state index in [1.807, 2.05) is 0 Å². The average molecular weight is 423 g/mol. The summed E-state index contributed by atoms with van der Waals surface area (Å²) < 4.78 is 0. The minimum atomic E-state index is 0.937. The maximum absolute atomic E-state index is 2.51. The van der Waals surface area contributed by atoms with E-state index in [9.17, 15) is 0 Å². The van der Waals surface area contributed by atoms with Crippen LogP contribution < -0.4 is 0 Å². The Morgan fingerprint density at radius 2 is 0.500 bits per heavy atom. The highest BCUT2D eigenvalue weighted by molar-refractivity contribution is 4.63. The summed E-state index contributed by atoms with van der Waals surface area (Å²) in [6.45, 7) is 9.63.